The Balaban J connectivity index is 2.50. The monoisotopic (exact) mass is 250 g/mol. The van der Waals surface area contributed by atoms with E-state index in [1.54, 1.807) is 0 Å². The van der Waals surface area contributed by atoms with Crippen LogP contribution in [0.25, 0.3) is 0 Å². The molecular formula is C15H26N2O. The topological polar surface area (TPSA) is 38.5 Å². The molecule has 3 nitrogen and oxygen atoms in total. The average molecular weight is 250 g/mol. The number of benzene rings is 1. The Labute approximate surface area is 111 Å². The second-order valence-corrected chi connectivity index (χ2v) is 4.66. The molecule has 0 aromatic heterocycles. The third kappa shape index (κ3) is 5.07. The van der Waals surface area contributed by atoms with E-state index in [1.807, 2.05) is 25.1 Å². The lowest BCUT2D eigenvalue weighted by Gasteiger charge is -2.19. The van der Waals surface area contributed by atoms with E-state index in [4.69, 9.17) is 10.5 Å². The molecule has 1 unspecified atom stereocenters. The van der Waals surface area contributed by atoms with E-state index in [0.717, 1.165) is 38.4 Å². The molecule has 1 atom stereocenters. The number of ether oxygens (including phenoxy) is 1. The van der Waals surface area contributed by atoms with Crippen molar-refractivity contribution in [2.45, 2.75) is 33.2 Å². The van der Waals surface area contributed by atoms with Gasteiger partial charge in [0, 0.05) is 12.6 Å². The molecule has 0 radical (unpaired) electrons. The molecule has 0 amide bonds. The average Bonchev–Trinajstić information content (AvgIpc) is 2.36. The minimum atomic E-state index is 0.164. The Morgan fingerprint density at radius 2 is 1.89 bits per heavy atom. The second-order valence-electron chi connectivity index (χ2n) is 4.66. The summed E-state index contributed by atoms with van der Waals surface area (Å²) in [4.78, 5) is 2.36. The van der Waals surface area contributed by atoms with Crippen LogP contribution in [0.3, 0.4) is 0 Å². The Kier molecular flexibility index (Phi) is 6.76. The summed E-state index contributed by atoms with van der Waals surface area (Å²) in [6.07, 6.45) is 0.863. The largest absolute Gasteiger partial charge is 0.492 e. The summed E-state index contributed by atoms with van der Waals surface area (Å²) in [7, 11) is 0. The van der Waals surface area contributed by atoms with Gasteiger partial charge in [0.25, 0.3) is 0 Å². The molecule has 0 saturated heterocycles. The SMILES string of the molecule is CCN(CC)CCOc1ccccc1CC(C)N. The van der Waals surface area contributed by atoms with Gasteiger partial charge in [-0.1, -0.05) is 32.0 Å². The molecule has 0 bridgehead atoms. The molecule has 0 saturated carbocycles. The van der Waals surface area contributed by atoms with Gasteiger partial charge in [-0.25, -0.2) is 0 Å². The molecule has 0 aliphatic rings. The molecule has 1 aromatic rings. The summed E-state index contributed by atoms with van der Waals surface area (Å²) in [5.74, 6) is 0.974. The van der Waals surface area contributed by atoms with Gasteiger partial charge in [-0.3, -0.25) is 0 Å². The van der Waals surface area contributed by atoms with Crippen molar-refractivity contribution in [2.24, 2.45) is 5.73 Å². The summed E-state index contributed by atoms with van der Waals surface area (Å²) in [5.41, 5.74) is 7.05. The normalized spacial score (nSPS) is 12.7. The van der Waals surface area contributed by atoms with E-state index in [2.05, 4.69) is 24.8 Å². The highest BCUT2D eigenvalue weighted by Gasteiger charge is 2.06. The Morgan fingerprint density at radius 1 is 1.22 bits per heavy atom. The summed E-state index contributed by atoms with van der Waals surface area (Å²) < 4.78 is 5.87. The fraction of sp³-hybridized carbons (Fsp3) is 0.600. The number of rotatable bonds is 8. The van der Waals surface area contributed by atoms with Crippen LogP contribution in [0.15, 0.2) is 24.3 Å². The zero-order valence-corrected chi connectivity index (χ0v) is 11.9. The molecular weight excluding hydrogens is 224 g/mol. The maximum absolute atomic E-state index is 5.87. The van der Waals surface area contributed by atoms with Gasteiger partial charge < -0.3 is 15.4 Å². The van der Waals surface area contributed by atoms with Crippen LogP contribution in [0.4, 0.5) is 0 Å². The third-order valence-electron chi connectivity index (χ3n) is 3.07. The number of para-hydroxylation sites is 1. The van der Waals surface area contributed by atoms with Gasteiger partial charge >= 0.3 is 0 Å². The highest BCUT2D eigenvalue weighted by molar-refractivity contribution is 5.33. The predicted molar refractivity (Wildman–Crippen MR) is 77.1 cm³/mol. The molecule has 0 aliphatic carbocycles. The van der Waals surface area contributed by atoms with Crippen LogP contribution in [0.1, 0.15) is 26.3 Å². The standard InChI is InChI=1S/C15H26N2O/c1-4-17(5-2)10-11-18-15-9-7-6-8-14(15)12-13(3)16/h6-9,13H,4-5,10-12,16H2,1-3H3. The Morgan fingerprint density at radius 3 is 2.50 bits per heavy atom. The van der Waals surface area contributed by atoms with Crippen molar-refractivity contribution < 1.29 is 4.74 Å². The lowest BCUT2D eigenvalue weighted by atomic mass is 10.1. The van der Waals surface area contributed by atoms with Crippen molar-refractivity contribution in [3.05, 3.63) is 29.8 Å². The molecule has 1 rings (SSSR count). The number of nitrogens with two attached hydrogens (primary N) is 1. The van der Waals surface area contributed by atoms with Crippen LogP contribution in [0.5, 0.6) is 5.75 Å². The number of nitrogens with zero attached hydrogens (tertiary/aromatic N) is 1. The first-order valence-electron chi connectivity index (χ1n) is 6.86. The van der Waals surface area contributed by atoms with Gasteiger partial charge in [-0.2, -0.15) is 0 Å². The number of hydrogen-bond acceptors (Lipinski definition) is 3. The predicted octanol–water partition coefficient (Wildman–Crippen LogP) is 2.30. The first-order valence-corrected chi connectivity index (χ1v) is 6.86. The van der Waals surface area contributed by atoms with Gasteiger partial charge in [-0.05, 0) is 38.1 Å². The minimum absolute atomic E-state index is 0.164. The molecule has 0 spiro atoms. The highest BCUT2D eigenvalue weighted by Crippen LogP contribution is 2.19. The first kappa shape index (κ1) is 15.0. The van der Waals surface area contributed by atoms with E-state index in [1.165, 1.54) is 5.56 Å². The fourth-order valence-electron chi connectivity index (χ4n) is 1.98. The van der Waals surface area contributed by atoms with Crippen molar-refractivity contribution in [2.75, 3.05) is 26.2 Å². The van der Waals surface area contributed by atoms with Crippen LogP contribution in [-0.2, 0) is 6.42 Å². The van der Waals surface area contributed by atoms with E-state index in [-0.39, 0.29) is 6.04 Å². The number of hydrogen-bond donors (Lipinski definition) is 1. The summed E-state index contributed by atoms with van der Waals surface area (Å²) in [6.45, 7) is 10.2. The Hall–Kier alpha value is -1.06. The van der Waals surface area contributed by atoms with Crippen molar-refractivity contribution in [1.82, 2.24) is 4.90 Å². The van der Waals surface area contributed by atoms with Gasteiger partial charge in [0.15, 0.2) is 0 Å². The number of likely N-dealkylation sites (N-methyl/N-ethyl adjacent to an activating group) is 1. The van der Waals surface area contributed by atoms with Crippen molar-refractivity contribution >= 4 is 0 Å². The maximum Gasteiger partial charge on any atom is 0.122 e. The van der Waals surface area contributed by atoms with Crippen LogP contribution >= 0.6 is 0 Å². The minimum Gasteiger partial charge on any atom is -0.492 e. The second kappa shape index (κ2) is 8.11. The first-order chi connectivity index (χ1) is 8.67. The molecule has 102 valence electrons. The zero-order valence-electron chi connectivity index (χ0n) is 11.9. The van der Waals surface area contributed by atoms with E-state index >= 15 is 0 Å². The molecule has 2 N–H and O–H groups in total. The smallest absolute Gasteiger partial charge is 0.122 e. The zero-order chi connectivity index (χ0) is 13.4. The van der Waals surface area contributed by atoms with Crippen LogP contribution in [0, 0.1) is 0 Å². The molecule has 0 aliphatic heterocycles. The van der Waals surface area contributed by atoms with Crippen molar-refractivity contribution in [3.63, 3.8) is 0 Å². The quantitative estimate of drug-likeness (QED) is 0.769. The van der Waals surface area contributed by atoms with Crippen molar-refractivity contribution in [3.8, 4) is 5.75 Å². The molecule has 0 fully saturated rings. The van der Waals surface area contributed by atoms with Crippen LogP contribution in [0.2, 0.25) is 0 Å². The third-order valence-corrected chi connectivity index (χ3v) is 3.07. The molecule has 0 heterocycles. The summed E-state index contributed by atoms with van der Waals surface area (Å²) in [5, 5.41) is 0. The van der Waals surface area contributed by atoms with Gasteiger partial charge in [0.1, 0.15) is 12.4 Å². The van der Waals surface area contributed by atoms with E-state index in [0.29, 0.717) is 0 Å². The maximum atomic E-state index is 5.87. The van der Waals surface area contributed by atoms with Crippen LogP contribution in [-0.4, -0.2) is 37.2 Å². The Bertz CT molecular complexity index is 335. The van der Waals surface area contributed by atoms with Gasteiger partial charge in [0.05, 0.1) is 0 Å². The van der Waals surface area contributed by atoms with Crippen LogP contribution < -0.4 is 10.5 Å². The summed E-state index contributed by atoms with van der Waals surface area (Å²) >= 11 is 0. The fourth-order valence-corrected chi connectivity index (χ4v) is 1.98. The molecule has 1 aromatic carbocycles. The van der Waals surface area contributed by atoms with Gasteiger partial charge in [-0.15, -0.1) is 0 Å². The van der Waals surface area contributed by atoms with Gasteiger partial charge in [0.2, 0.25) is 0 Å². The molecule has 3 heteroatoms. The van der Waals surface area contributed by atoms with E-state index < -0.39 is 0 Å². The van der Waals surface area contributed by atoms with E-state index in [9.17, 15) is 0 Å². The lowest BCUT2D eigenvalue weighted by Crippen LogP contribution is -2.28. The lowest BCUT2D eigenvalue weighted by molar-refractivity contribution is 0.221. The summed E-state index contributed by atoms with van der Waals surface area (Å²) in [6, 6.07) is 8.33. The van der Waals surface area contributed by atoms with Crippen molar-refractivity contribution in [1.29, 1.82) is 0 Å². The highest BCUT2D eigenvalue weighted by atomic mass is 16.5. The molecule has 18 heavy (non-hydrogen) atoms.